The molecule has 2 nitrogen and oxygen atoms in total. The molecular weight excluding hydrogens is 291 g/mol. The van der Waals surface area contributed by atoms with E-state index >= 15 is 0 Å². The summed E-state index contributed by atoms with van der Waals surface area (Å²) in [5.41, 5.74) is 0.872. The Morgan fingerprint density at radius 2 is 2.06 bits per heavy atom. The van der Waals surface area contributed by atoms with Gasteiger partial charge in [-0.25, -0.2) is 0 Å². The van der Waals surface area contributed by atoms with Gasteiger partial charge in [0.05, 0.1) is 0 Å². The highest BCUT2D eigenvalue weighted by Crippen LogP contribution is 2.31. The van der Waals surface area contributed by atoms with Crippen LogP contribution in [0.1, 0.15) is 17.5 Å². The molecule has 4 heteroatoms. The Morgan fingerprint density at radius 3 is 2.62 bits per heavy atom. The molecule has 16 heavy (non-hydrogen) atoms. The van der Waals surface area contributed by atoms with E-state index in [0.29, 0.717) is 16.5 Å². The van der Waals surface area contributed by atoms with E-state index in [2.05, 4.69) is 15.9 Å². The lowest BCUT2D eigenvalue weighted by molar-refractivity contribution is 0.0988. The monoisotopic (exact) mass is 298 g/mol. The number of benzene rings is 1. The second-order valence-corrected chi connectivity index (χ2v) is 4.64. The molecule has 0 aliphatic rings. The van der Waals surface area contributed by atoms with Gasteiger partial charge in [-0.15, -0.1) is 0 Å². The zero-order valence-corrected chi connectivity index (χ0v) is 10.8. The first kappa shape index (κ1) is 11.4. The maximum Gasteiger partial charge on any atom is 0.194 e. The first-order valence-corrected chi connectivity index (χ1v) is 5.81. The van der Waals surface area contributed by atoms with Crippen molar-refractivity contribution in [3.8, 4) is 11.3 Å². The molecule has 0 N–H and O–H groups in total. The van der Waals surface area contributed by atoms with Gasteiger partial charge >= 0.3 is 0 Å². The summed E-state index contributed by atoms with van der Waals surface area (Å²) in [6.07, 6.45) is 0. The quantitative estimate of drug-likeness (QED) is 0.761. The van der Waals surface area contributed by atoms with Crippen LogP contribution in [0.15, 0.2) is 39.2 Å². The zero-order valence-electron chi connectivity index (χ0n) is 8.46. The normalized spacial score (nSPS) is 10.4. The predicted octanol–water partition coefficient (Wildman–Crippen LogP) is 4.57. The van der Waals surface area contributed by atoms with Crippen LogP contribution in [0.5, 0.6) is 0 Å². The number of hydrogen-bond donors (Lipinski definition) is 0. The van der Waals surface area contributed by atoms with E-state index in [1.807, 2.05) is 6.07 Å². The average Bonchev–Trinajstić information content (AvgIpc) is 2.66. The molecule has 0 atom stereocenters. The summed E-state index contributed by atoms with van der Waals surface area (Å²) in [7, 11) is 0. The van der Waals surface area contributed by atoms with Crippen LogP contribution in [0.4, 0.5) is 0 Å². The van der Waals surface area contributed by atoms with Crippen molar-refractivity contribution in [2.24, 2.45) is 0 Å². The molecule has 1 heterocycles. The van der Waals surface area contributed by atoms with Crippen LogP contribution in [0, 0.1) is 0 Å². The van der Waals surface area contributed by atoms with Gasteiger partial charge in [0.25, 0.3) is 0 Å². The molecule has 1 aromatic carbocycles. The van der Waals surface area contributed by atoms with Gasteiger partial charge < -0.3 is 4.42 Å². The van der Waals surface area contributed by atoms with Crippen LogP contribution in [0.2, 0.25) is 5.02 Å². The molecule has 0 fully saturated rings. The van der Waals surface area contributed by atoms with E-state index in [0.717, 1.165) is 10.0 Å². The number of carbonyl (C=O) groups is 1. The topological polar surface area (TPSA) is 30.2 Å². The fourth-order valence-electron chi connectivity index (χ4n) is 1.36. The minimum absolute atomic E-state index is 0.0867. The molecule has 0 radical (unpaired) electrons. The maximum absolute atomic E-state index is 11.1. The lowest BCUT2D eigenvalue weighted by Gasteiger charge is -2.01. The Hall–Kier alpha value is -1.06. The van der Waals surface area contributed by atoms with Crippen LogP contribution < -0.4 is 0 Å². The highest BCUT2D eigenvalue weighted by Gasteiger charge is 2.10. The molecule has 0 saturated heterocycles. The van der Waals surface area contributed by atoms with Gasteiger partial charge in [-0.05, 0) is 46.3 Å². The van der Waals surface area contributed by atoms with E-state index < -0.39 is 0 Å². The summed E-state index contributed by atoms with van der Waals surface area (Å²) in [5.74, 6) is 0.918. The minimum atomic E-state index is -0.0867. The summed E-state index contributed by atoms with van der Waals surface area (Å²) in [4.78, 5) is 11.1. The third-order valence-corrected chi connectivity index (χ3v) is 3.04. The third kappa shape index (κ3) is 2.20. The van der Waals surface area contributed by atoms with Gasteiger partial charge in [-0.1, -0.05) is 11.6 Å². The van der Waals surface area contributed by atoms with Crippen molar-refractivity contribution in [1.82, 2.24) is 0 Å². The second-order valence-electron chi connectivity index (χ2n) is 3.34. The lowest BCUT2D eigenvalue weighted by atomic mass is 10.2. The van der Waals surface area contributed by atoms with E-state index in [9.17, 15) is 4.79 Å². The molecule has 2 rings (SSSR count). The minimum Gasteiger partial charge on any atom is -0.453 e. The number of hydrogen-bond acceptors (Lipinski definition) is 2. The molecule has 0 unspecified atom stereocenters. The summed E-state index contributed by atoms with van der Waals surface area (Å²) in [6, 6.07) is 8.84. The molecule has 82 valence electrons. The van der Waals surface area contributed by atoms with E-state index in [-0.39, 0.29) is 5.78 Å². The highest BCUT2D eigenvalue weighted by atomic mass is 79.9. The number of Topliss-reactive ketones (excluding diaryl/α,β-unsaturated/α-hetero) is 1. The van der Waals surface area contributed by atoms with E-state index in [4.69, 9.17) is 16.0 Å². The lowest BCUT2D eigenvalue weighted by Crippen LogP contribution is -1.86. The van der Waals surface area contributed by atoms with Crippen LogP contribution >= 0.6 is 27.5 Å². The zero-order chi connectivity index (χ0) is 11.7. The van der Waals surface area contributed by atoms with Crippen molar-refractivity contribution < 1.29 is 9.21 Å². The van der Waals surface area contributed by atoms with Crippen molar-refractivity contribution >= 4 is 33.3 Å². The Bertz CT molecular complexity index is 546. The summed E-state index contributed by atoms with van der Waals surface area (Å²) < 4.78 is 6.27. The van der Waals surface area contributed by atoms with Gasteiger partial charge in [0.1, 0.15) is 5.76 Å². The van der Waals surface area contributed by atoms with E-state index in [1.54, 1.807) is 24.3 Å². The second kappa shape index (κ2) is 4.44. The molecule has 0 spiro atoms. The smallest absolute Gasteiger partial charge is 0.194 e. The number of ketones is 1. The molecule has 0 aliphatic heterocycles. The van der Waals surface area contributed by atoms with Gasteiger partial charge in [-0.2, -0.15) is 0 Å². The molecule has 1 aromatic heterocycles. The molecule has 0 amide bonds. The summed E-state index contributed by atoms with van der Waals surface area (Å²) in [6.45, 7) is 1.47. The average molecular weight is 300 g/mol. The van der Waals surface area contributed by atoms with E-state index in [1.165, 1.54) is 6.92 Å². The molecule has 2 aromatic rings. The Balaban J connectivity index is 2.46. The molecule has 0 saturated carbocycles. The maximum atomic E-state index is 11.1. The van der Waals surface area contributed by atoms with Crippen LogP contribution in [0.3, 0.4) is 0 Å². The first-order valence-electron chi connectivity index (χ1n) is 4.64. The van der Waals surface area contributed by atoms with Gasteiger partial charge in [-0.3, -0.25) is 4.79 Å². The van der Waals surface area contributed by atoms with Crippen molar-refractivity contribution in [3.63, 3.8) is 0 Å². The SMILES string of the molecule is CC(=O)c1ccc(-c2ccc(Cl)cc2Br)o1. The number of furan rings is 1. The molecule has 0 bridgehead atoms. The van der Waals surface area contributed by atoms with Crippen molar-refractivity contribution in [2.75, 3.05) is 0 Å². The number of rotatable bonds is 2. The Kier molecular flexibility index (Phi) is 3.17. The molecule has 0 aliphatic carbocycles. The van der Waals surface area contributed by atoms with Crippen molar-refractivity contribution in [1.29, 1.82) is 0 Å². The third-order valence-electron chi connectivity index (χ3n) is 2.15. The van der Waals surface area contributed by atoms with Crippen LogP contribution in [0.25, 0.3) is 11.3 Å². The van der Waals surface area contributed by atoms with Crippen LogP contribution in [-0.4, -0.2) is 5.78 Å². The fraction of sp³-hybridized carbons (Fsp3) is 0.0833. The Labute approximate surface area is 106 Å². The van der Waals surface area contributed by atoms with Crippen molar-refractivity contribution in [3.05, 3.63) is 45.6 Å². The predicted molar refractivity (Wildman–Crippen MR) is 66.9 cm³/mol. The van der Waals surface area contributed by atoms with Crippen LogP contribution in [-0.2, 0) is 0 Å². The number of halogens is 2. The Morgan fingerprint density at radius 1 is 1.31 bits per heavy atom. The largest absolute Gasteiger partial charge is 0.453 e. The summed E-state index contributed by atoms with van der Waals surface area (Å²) >= 11 is 9.25. The fourth-order valence-corrected chi connectivity index (χ4v) is 2.24. The van der Waals surface area contributed by atoms with Gasteiger partial charge in [0.15, 0.2) is 11.5 Å². The van der Waals surface area contributed by atoms with Gasteiger partial charge in [0, 0.05) is 22.0 Å². The molecular formula is C12H8BrClO2. The van der Waals surface area contributed by atoms with Crippen molar-refractivity contribution in [2.45, 2.75) is 6.92 Å². The summed E-state index contributed by atoms with van der Waals surface area (Å²) in [5, 5.41) is 0.647. The van der Waals surface area contributed by atoms with Gasteiger partial charge in [0.2, 0.25) is 0 Å². The standard InChI is InChI=1S/C12H8BrClO2/c1-7(15)11-4-5-12(16-11)9-3-2-8(14)6-10(9)13/h2-6H,1H3. The number of carbonyl (C=O) groups excluding carboxylic acids is 1. The first-order chi connectivity index (χ1) is 7.58. The highest BCUT2D eigenvalue weighted by molar-refractivity contribution is 9.10.